The first-order valence-electron chi connectivity index (χ1n) is 6.38. The lowest BCUT2D eigenvalue weighted by Crippen LogP contribution is -2.42. The number of ether oxygens (including phenoxy) is 2. The fourth-order valence-corrected chi connectivity index (χ4v) is 1.82. The van der Waals surface area contributed by atoms with Gasteiger partial charge in [0.1, 0.15) is 0 Å². The standard InChI is InChI=1S/C12H22N2O4/c1-3-18-12(16)11(15)13-8-10(2)9-14-4-6-17-7-5-14/h10H,3-9H2,1-2H3,(H,13,15). The molecule has 0 aromatic heterocycles. The van der Waals surface area contributed by atoms with Crippen molar-refractivity contribution in [2.45, 2.75) is 13.8 Å². The molecule has 0 spiro atoms. The predicted molar refractivity (Wildman–Crippen MR) is 66.1 cm³/mol. The first-order chi connectivity index (χ1) is 8.63. The Morgan fingerprint density at radius 3 is 2.67 bits per heavy atom. The predicted octanol–water partition coefficient (Wildman–Crippen LogP) is -0.366. The smallest absolute Gasteiger partial charge is 0.396 e. The van der Waals surface area contributed by atoms with Gasteiger partial charge in [0.25, 0.3) is 0 Å². The molecule has 1 saturated heterocycles. The average molecular weight is 258 g/mol. The van der Waals surface area contributed by atoms with E-state index in [4.69, 9.17) is 4.74 Å². The summed E-state index contributed by atoms with van der Waals surface area (Å²) < 4.78 is 9.87. The van der Waals surface area contributed by atoms with E-state index in [0.717, 1.165) is 32.8 Å². The minimum Gasteiger partial charge on any atom is -0.459 e. The number of morpholine rings is 1. The van der Waals surface area contributed by atoms with E-state index in [0.29, 0.717) is 12.5 Å². The second-order valence-electron chi connectivity index (χ2n) is 4.45. The molecule has 104 valence electrons. The highest BCUT2D eigenvalue weighted by atomic mass is 16.5. The molecule has 6 heteroatoms. The minimum atomic E-state index is -0.809. The summed E-state index contributed by atoms with van der Waals surface area (Å²) in [4.78, 5) is 24.7. The van der Waals surface area contributed by atoms with Crippen LogP contribution >= 0.6 is 0 Å². The van der Waals surface area contributed by atoms with Gasteiger partial charge >= 0.3 is 11.9 Å². The first-order valence-corrected chi connectivity index (χ1v) is 6.38. The zero-order valence-electron chi connectivity index (χ0n) is 11.1. The van der Waals surface area contributed by atoms with Gasteiger partial charge in [0, 0.05) is 26.2 Å². The maximum atomic E-state index is 11.3. The molecule has 1 N–H and O–H groups in total. The second kappa shape index (κ2) is 8.05. The minimum absolute atomic E-state index is 0.218. The van der Waals surface area contributed by atoms with Crippen molar-refractivity contribution in [2.24, 2.45) is 5.92 Å². The molecule has 0 aromatic rings. The highest BCUT2D eigenvalue weighted by molar-refractivity contribution is 6.32. The molecule has 1 atom stereocenters. The lowest BCUT2D eigenvalue weighted by molar-refractivity contribution is -0.154. The molecular weight excluding hydrogens is 236 g/mol. The van der Waals surface area contributed by atoms with Crippen LogP contribution in [0.1, 0.15) is 13.8 Å². The third-order valence-electron chi connectivity index (χ3n) is 2.75. The first kappa shape index (κ1) is 14.9. The Bertz CT molecular complexity index is 277. The molecule has 1 heterocycles. The number of carbonyl (C=O) groups is 2. The van der Waals surface area contributed by atoms with Crippen molar-refractivity contribution in [3.63, 3.8) is 0 Å². The summed E-state index contributed by atoms with van der Waals surface area (Å²) in [5.41, 5.74) is 0. The Morgan fingerprint density at radius 2 is 2.06 bits per heavy atom. The maximum absolute atomic E-state index is 11.3. The lowest BCUT2D eigenvalue weighted by Gasteiger charge is -2.29. The lowest BCUT2D eigenvalue weighted by atomic mass is 10.1. The van der Waals surface area contributed by atoms with Crippen LogP contribution in [0.5, 0.6) is 0 Å². The van der Waals surface area contributed by atoms with E-state index in [2.05, 4.69) is 15.0 Å². The van der Waals surface area contributed by atoms with Crippen LogP contribution in [-0.4, -0.2) is 62.8 Å². The van der Waals surface area contributed by atoms with E-state index >= 15 is 0 Å². The third-order valence-corrected chi connectivity index (χ3v) is 2.75. The fourth-order valence-electron chi connectivity index (χ4n) is 1.82. The molecule has 1 aliphatic rings. The van der Waals surface area contributed by atoms with Crippen LogP contribution in [0.2, 0.25) is 0 Å². The quantitative estimate of drug-likeness (QED) is 0.538. The summed E-state index contributed by atoms with van der Waals surface area (Å²) >= 11 is 0. The van der Waals surface area contributed by atoms with E-state index in [9.17, 15) is 9.59 Å². The van der Waals surface area contributed by atoms with Gasteiger partial charge in [0.05, 0.1) is 19.8 Å². The Hall–Kier alpha value is -1.14. The topological polar surface area (TPSA) is 67.9 Å². The van der Waals surface area contributed by atoms with Crippen LogP contribution in [0.15, 0.2) is 0 Å². The molecule has 1 unspecified atom stereocenters. The van der Waals surface area contributed by atoms with Gasteiger partial charge in [-0.15, -0.1) is 0 Å². The maximum Gasteiger partial charge on any atom is 0.396 e. The molecule has 1 aliphatic heterocycles. The summed E-state index contributed by atoms with van der Waals surface area (Å²) in [6.07, 6.45) is 0. The van der Waals surface area contributed by atoms with E-state index in [1.54, 1.807) is 6.92 Å². The highest BCUT2D eigenvalue weighted by Gasteiger charge is 2.17. The van der Waals surface area contributed by atoms with Crippen LogP contribution in [0, 0.1) is 5.92 Å². The summed E-state index contributed by atoms with van der Waals surface area (Å²) in [5.74, 6) is -1.18. The molecule has 1 amide bonds. The SMILES string of the molecule is CCOC(=O)C(=O)NCC(C)CN1CCOCC1. The van der Waals surface area contributed by atoms with Gasteiger partial charge in [0.15, 0.2) is 0 Å². The summed E-state index contributed by atoms with van der Waals surface area (Å²) in [6.45, 7) is 8.69. The van der Waals surface area contributed by atoms with Gasteiger partial charge in [0.2, 0.25) is 0 Å². The molecule has 18 heavy (non-hydrogen) atoms. The van der Waals surface area contributed by atoms with Crippen molar-refractivity contribution < 1.29 is 19.1 Å². The van der Waals surface area contributed by atoms with E-state index in [1.165, 1.54) is 0 Å². The average Bonchev–Trinajstić information content (AvgIpc) is 2.37. The van der Waals surface area contributed by atoms with Crippen molar-refractivity contribution in [3.8, 4) is 0 Å². The molecule has 0 radical (unpaired) electrons. The molecule has 0 saturated carbocycles. The number of carbonyl (C=O) groups excluding carboxylic acids is 2. The van der Waals surface area contributed by atoms with Crippen LogP contribution in [-0.2, 0) is 19.1 Å². The summed E-state index contributed by atoms with van der Waals surface area (Å²) in [7, 11) is 0. The molecule has 0 aromatic carbocycles. The van der Waals surface area contributed by atoms with Gasteiger partial charge in [-0.1, -0.05) is 6.92 Å². The third kappa shape index (κ3) is 5.46. The number of rotatable bonds is 5. The van der Waals surface area contributed by atoms with Gasteiger partial charge in [-0.05, 0) is 12.8 Å². The Balaban J connectivity index is 2.17. The summed E-state index contributed by atoms with van der Waals surface area (Å²) in [6, 6.07) is 0. The van der Waals surface area contributed by atoms with Gasteiger partial charge in [-0.25, -0.2) is 4.79 Å². The number of amides is 1. The molecular formula is C12H22N2O4. The summed E-state index contributed by atoms with van der Waals surface area (Å²) in [5, 5.41) is 2.59. The van der Waals surface area contributed by atoms with Crippen LogP contribution in [0.25, 0.3) is 0 Å². The number of hydrogen-bond acceptors (Lipinski definition) is 5. The van der Waals surface area contributed by atoms with Crippen molar-refractivity contribution >= 4 is 11.9 Å². The van der Waals surface area contributed by atoms with E-state index in [-0.39, 0.29) is 6.61 Å². The number of hydrogen-bond donors (Lipinski definition) is 1. The number of esters is 1. The van der Waals surface area contributed by atoms with Gasteiger partial charge in [-0.3, -0.25) is 9.69 Å². The van der Waals surface area contributed by atoms with Crippen LogP contribution in [0.4, 0.5) is 0 Å². The van der Waals surface area contributed by atoms with Crippen molar-refractivity contribution in [2.75, 3.05) is 46.0 Å². The van der Waals surface area contributed by atoms with E-state index < -0.39 is 11.9 Å². The van der Waals surface area contributed by atoms with Crippen molar-refractivity contribution in [1.29, 1.82) is 0 Å². The fraction of sp³-hybridized carbons (Fsp3) is 0.833. The molecule has 0 bridgehead atoms. The van der Waals surface area contributed by atoms with Crippen molar-refractivity contribution in [3.05, 3.63) is 0 Å². The Kier molecular flexibility index (Phi) is 6.67. The van der Waals surface area contributed by atoms with Crippen LogP contribution < -0.4 is 5.32 Å². The Labute approximate surface area is 108 Å². The normalized spacial score (nSPS) is 18.1. The highest BCUT2D eigenvalue weighted by Crippen LogP contribution is 2.02. The number of nitrogens with zero attached hydrogens (tertiary/aromatic N) is 1. The molecule has 1 fully saturated rings. The van der Waals surface area contributed by atoms with E-state index in [1.807, 2.05) is 6.92 Å². The van der Waals surface area contributed by atoms with Gasteiger partial charge < -0.3 is 14.8 Å². The zero-order chi connectivity index (χ0) is 13.4. The number of nitrogens with one attached hydrogen (secondary N) is 1. The molecule has 1 rings (SSSR count). The molecule has 0 aliphatic carbocycles. The zero-order valence-corrected chi connectivity index (χ0v) is 11.1. The largest absolute Gasteiger partial charge is 0.459 e. The molecule has 6 nitrogen and oxygen atoms in total. The van der Waals surface area contributed by atoms with Crippen LogP contribution in [0.3, 0.4) is 0 Å². The monoisotopic (exact) mass is 258 g/mol. The van der Waals surface area contributed by atoms with Crippen molar-refractivity contribution in [1.82, 2.24) is 10.2 Å². The Morgan fingerprint density at radius 1 is 1.39 bits per heavy atom. The van der Waals surface area contributed by atoms with Gasteiger partial charge in [-0.2, -0.15) is 0 Å². The second-order valence-corrected chi connectivity index (χ2v) is 4.45.